The van der Waals surface area contributed by atoms with Crippen LogP contribution in [0.1, 0.15) is 12.8 Å². The molecule has 2 aliphatic heterocycles. The number of benzene rings is 1. The molecule has 26 heavy (non-hydrogen) atoms. The van der Waals surface area contributed by atoms with E-state index in [9.17, 15) is 18.5 Å². The minimum Gasteiger partial charge on any atom is -0.317 e. The summed E-state index contributed by atoms with van der Waals surface area (Å²) < 4.78 is 26.9. The second-order valence-corrected chi connectivity index (χ2v) is 8.59. The summed E-state index contributed by atoms with van der Waals surface area (Å²) in [6, 6.07) is 5.10. The molecule has 2 saturated heterocycles. The summed E-state index contributed by atoms with van der Waals surface area (Å²) in [6.45, 7) is 5.56. The molecular weight excluding hydrogens is 380 g/mol. The third kappa shape index (κ3) is 4.92. The van der Waals surface area contributed by atoms with Crippen LogP contribution in [-0.4, -0.2) is 68.4 Å². The molecule has 1 aromatic carbocycles. The van der Waals surface area contributed by atoms with Crippen molar-refractivity contribution in [3.05, 3.63) is 34.4 Å². The van der Waals surface area contributed by atoms with Crippen LogP contribution >= 0.6 is 12.4 Å². The Labute approximate surface area is 160 Å². The largest absolute Gasteiger partial charge is 0.317 e. The summed E-state index contributed by atoms with van der Waals surface area (Å²) in [7, 11) is -3.59. The summed E-state index contributed by atoms with van der Waals surface area (Å²) >= 11 is 0. The average molecular weight is 405 g/mol. The normalized spacial score (nSPS) is 20.5. The van der Waals surface area contributed by atoms with Gasteiger partial charge in [-0.25, -0.2) is 8.42 Å². The number of rotatable bonds is 5. The predicted octanol–water partition coefficient (Wildman–Crippen LogP) is 1.32. The van der Waals surface area contributed by atoms with Gasteiger partial charge < -0.3 is 10.2 Å². The lowest BCUT2D eigenvalue weighted by Crippen LogP contribution is -2.50. The number of halogens is 1. The fourth-order valence-corrected chi connectivity index (χ4v) is 4.89. The highest BCUT2D eigenvalue weighted by atomic mass is 35.5. The number of hydrogen-bond acceptors (Lipinski definition) is 6. The van der Waals surface area contributed by atoms with Gasteiger partial charge in [0.25, 0.3) is 5.69 Å². The van der Waals surface area contributed by atoms with Crippen molar-refractivity contribution in [1.29, 1.82) is 0 Å². The van der Waals surface area contributed by atoms with E-state index in [1.54, 1.807) is 0 Å². The first-order chi connectivity index (χ1) is 12.0. The number of piperidine rings is 1. The number of piperazine rings is 1. The van der Waals surface area contributed by atoms with Gasteiger partial charge in [-0.1, -0.05) is 0 Å². The Hall–Kier alpha value is -1.26. The lowest BCUT2D eigenvalue weighted by atomic mass is 9.97. The zero-order valence-corrected chi connectivity index (χ0v) is 16.2. The zero-order valence-electron chi connectivity index (χ0n) is 14.5. The molecule has 0 radical (unpaired) electrons. The van der Waals surface area contributed by atoms with Crippen molar-refractivity contribution < 1.29 is 13.3 Å². The third-order valence-corrected chi connectivity index (χ3v) is 6.90. The number of hydrogen-bond donors (Lipinski definition) is 1. The summed E-state index contributed by atoms with van der Waals surface area (Å²) in [4.78, 5) is 12.6. The van der Waals surface area contributed by atoms with Crippen LogP contribution in [0.4, 0.5) is 5.69 Å². The van der Waals surface area contributed by atoms with Gasteiger partial charge in [-0.05, 0) is 44.0 Å². The Balaban J connectivity index is 0.00000243. The van der Waals surface area contributed by atoms with Gasteiger partial charge in [0.2, 0.25) is 10.0 Å². The molecule has 8 nitrogen and oxygen atoms in total. The lowest BCUT2D eigenvalue weighted by molar-refractivity contribution is -0.384. The number of nitro groups is 1. The molecule has 2 heterocycles. The molecule has 0 bridgehead atoms. The van der Waals surface area contributed by atoms with E-state index in [0.717, 1.165) is 32.7 Å². The Morgan fingerprint density at radius 3 is 2.19 bits per heavy atom. The fraction of sp³-hybridized carbons (Fsp3) is 0.625. The highest BCUT2D eigenvalue weighted by Gasteiger charge is 2.29. The monoisotopic (exact) mass is 404 g/mol. The molecular formula is C16H25ClN4O4S. The van der Waals surface area contributed by atoms with Crippen LogP contribution in [-0.2, 0) is 10.0 Å². The van der Waals surface area contributed by atoms with Crippen molar-refractivity contribution in [2.24, 2.45) is 5.92 Å². The predicted molar refractivity (Wildman–Crippen MR) is 101 cm³/mol. The average Bonchev–Trinajstić information content (AvgIpc) is 2.63. The van der Waals surface area contributed by atoms with E-state index >= 15 is 0 Å². The maximum absolute atomic E-state index is 12.7. The molecule has 10 heteroatoms. The van der Waals surface area contributed by atoms with Gasteiger partial charge in [0, 0.05) is 44.9 Å². The maximum atomic E-state index is 12.7. The SMILES string of the molecule is Cl.O=[N+]([O-])c1ccc(S(=O)(=O)N2CCN(CC3CCNCC3)CC2)cc1. The van der Waals surface area contributed by atoms with Crippen LogP contribution in [0, 0.1) is 16.0 Å². The summed E-state index contributed by atoms with van der Waals surface area (Å²) in [5.74, 6) is 0.694. The van der Waals surface area contributed by atoms with Crippen molar-refractivity contribution in [3.8, 4) is 0 Å². The van der Waals surface area contributed by atoms with Crippen molar-refractivity contribution in [1.82, 2.24) is 14.5 Å². The van der Waals surface area contributed by atoms with Crippen LogP contribution in [0.2, 0.25) is 0 Å². The number of nitro benzene ring substituents is 1. The van der Waals surface area contributed by atoms with E-state index in [0.29, 0.717) is 19.0 Å². The Morgan fingerprint density at radius 2 is 1.65 bits per heavy atom. The van der Waals surface area contributed by atoms with Gasteiger partial charge in [0.15, 0.2) is 0 Å². The molecule has 2 aliphatic rings. The summed E-state index contributed by atoms with van der Waals surface area (Å²) in [5, 5.41) is 14.1. The standard InChI is InChI=1S/C16H24N4O4S.ClH/c21-20(22)15-1-3-16(4-2-15)25(23,24)19-11-9-18(10-12-19)13-14-5-7-17-8-6-14;/h1-4,14,17H,5-13H2;1H. The van der Waals surface area contributed by atoms with Crippen molar-refractivity contribution in [3.63, 3.8) is 0 Å². The Morgan fingerprint density at radius 1 is 1.08 bits per heavy atom. The molecule has 2 fully saturated rings. The maximum Gasteiger partial charge on any atom is 0.269 e. The molecule has 0 spiro atoms. The number of non-ortho nitro benzene ring substituents is 1. The first-order valence-electron chi connectivity index (χ1n) is 8.64. The van der Waals surface area contributed by atoms with Crippen LogP contribution in [0.25, 0.3) is 0 Å². The number of sulfonamides is 1. The minimum absolute atomic E-state index is 0. The molecule has 0 aliphatic carbocycles. The first kappa shape index (κ1) is 21.0. The van der Waals surface area contributed by atoms with Crippen molar-refractivity contribution >= 4 is 28.1 Å². The van der Waals surface area contributed by atoms with E-state index in [1.807, 2.05) is 0 Å². The first-order valence-corrected chi connectivity index (χ1v) is 10.1. The third-order valence-electron chi connectivity index (χ3n) is 4.99. The van der Waals surface area contributed by atoms with E-state index in [2.05, 4.69) is 10.2 Å². The highest BCUT2D eigenvalue weighted by Crippen LogP contribution is 2.21. The summed E-state index contributed by atoms with van der Waals surface area (Å²) in [6.07, 6.45) is 2.36. The molecule has 0 aromatic heterocycles. The molecule has 0 unspecified atom stereocenters. The zero-order chi connectivity index (χ0) is 17.9. The van der Waals surface area contributed by atoms with Gasteiger partial charge in [-0.2, -0.15) is 4.31 Å². The van der Waals surface area contributed by atoms with E-state index < -0.39 is 14.9 Å². The molecule has 0 amide bonds. The molecule has 0 saturated carbocycles. The number of nitrogens with one attached hydrogen (secondary N) is 1. The quantitative estimate of drug-likeness (QED) is 0.587. The van der Waals surface area contributed by atoms with Crippen molar-refractivity contribution in [2.75, 3.05) is 45.8 Å². The van der Waals surface area contributed by atoms with Gasteiger partial charge in [0.1, 0.15) is 0 Å². The smallest absolute Gasteiger partial charge is 0.269 e. The van der Waals surface area contributed by atoms with Crippen LogP contribution in [0.3, 0.4) is 0 Å². The fourth-order valence-electron chi connectivity index (χ4n) is 3.47. The van der Waals surface area contributed by atoms with Crippen molar-refractivity contribution in [2.45, 2.75) is 17.7 Å². The van der Waals surface area contributed by atoms with E-state index in [-0.39, 0.29) is 23.0 Å². The molecule has 3 rings (SSSR count). The van der Waals surface area contributed by atoms with Gasteiger partial charge in [-0.15, -0.1) is 12.4 Å². The lowest BCUT2D eigenvalue weighted by Gasteiger charge is -2.36. The minimum atomic E-state index is -3.59. The molecule has 0 atom stereocenters. The highest BCUT2D eigenvalue weighted by molar-refractivity contribution is 7.89. The summed E-state index contributed by atoms with van der Waals surface area (Å²) in [5.41, 5.74) is -0.106. The second-order valence-electron chi connectivity index (χ2n) is 6.65. The topological polar surface area (TPSA) is 95.8 Å². The van der Waals surface area contributed by atoms with Gasteiger partial charge in [-0.3, -0.25) is 10.1 Å². The van der Waals surface area contributed by atoms with Crippen LogP contribution < -0.4 is 5.32 Å². The molecule has 1 N–H and O–H groups in total. The van der Waals surface area contributed by atoms with Gasteiger partial charge >= 0.3 is 0 Å². The van der Waals surface area contributed by atoms with Crippen LogP contribution in [0.15, 0.2) is 29.2 Å². The van der Waals surface area contributed by atoms with Crippen LogP contribution in [0.5, 0.6) is 0 Å². The number of nitrogens with zero attached hydrogens (tertiary/aromatic N) is 3. The van der Waals surface area contributed by atoms with E-state index in [4.69, 9.17) is 0 Å². The Kier molecular flexibility index (Phi) is 7.36. The van der Waals surface area contributed by atoms with Gasteiger partial charge in [0.05, 0.1) is 9.82 Å². The second kappa shape index (κ2) is 9.09. The van der Waals surface area contributed by atoms with E-state index in [1.165, 1.54) is 41.4 Å². The molecule has 146 valence electrons. The molecule has 1 aromatic rings. The Bertz CT molecular complexity index is 699.